The Bertz CT molecular complexity index is 420. The summed E-state index contributed by atoms with van der Waals surface area (Å²) in [5, 5.41) is 20.5. The number of hydrogen-bond acceptors (Lipinski definition) is 2. The maximum atomic E-state index is 10.3. The first-order valence-corrected chi connectivity index (χ1v) is 7.33. The van der Waals surface area contributed by atoms with Crippen LogP contribution < -0.4 is 0 Å². The zero-order valence-electron chi connectivity index (χ0n) is 12.3. The van der Waals surface area contributed by atoms with Gasteiger partial charge in [-0.1, -0.05) is 45.0 Å². The van der Waals surface area contributed by atoms with Gasteiger partial charge < -0.3 is 10.2 Å². The normalized spacial score (nSPS) is 22.7. The van der Waals surface area contributed by atoms with Crippen molar-refractivity contribution in [1.29, 1.82) is 0 Å². The molecule has 0 saturated carbocycles. The van der Waals surface area contributed by atoms with Crippen LogP contribution >= 0.6 is 0 Å². The van der Waals surface area contributed by atoms with Crippen LogP contribution in [0.5, 0.6) is 0 Å². The lowest BCUT2D eigenvalue weighted by Gasteiger charge is -2.33. The molecule has 0 aliphatic heterocycles. The first-order chi connectivity index (χ1) is 8.89. The fourth-order valence-corrected chi connectivity index (χ4v) is 3.10. The Morgan fingerprint density at radius 1 is 1.21 bits per heavy atom. The van der Waals surface area contributed by atoms with Crippen LogP contribution in [0.3, 0.4) is 0 Å². The molecule has 0 radical (unpaired) electrons. The van der Waals surface area contributed by atoms with Crippen LogP contribution in [0.4, 0.5) is 0 Å². The maximum absolute atomic E-state index is 10.3. The molecule has 1 aromatic carbocycles. The molecule has 0 bridgehead atoms. The Morgan fingerprint density at radius 3 is 2.58 bits per heavy atom. The highest BCUT2D eigenvalue weighted by atomic mass is 16.3. The highest BCUT2D eigenvalue weighted by Crippen LogP contribution is 2.36. The Hall–Kier alpha value is -0.860. The summed E-state index contributed by atoms with van der Waals surface area (Å²) in [4.78, 5) is 0. The van der Waals surface area contributed by atoms with Crippen molar-refractivity contribution in [2.75, 3.05) is 0 Å². The molecule has 0 fully saturated rings. The molecule has 0 amide bonds. The summed E-state index contributed by atoms with van der Waals surface area (Å²) < 4.78 is 0. The van der Waals surface area contributed by atoms with Gasteiger partial charge in [-0.25, -0.2) is 0 Å². The summed E-state index contributed by atoms with van der Waals surface area (Å²) in [6.07, 6.45) is 2.79. The lowest BCUT2D eigenvalue weighted by atomic mass is 9.77. The number of benzene rings is 1. The van der Waals surface area contributed by atoms with Gasteiger partial charge >= 0.3 is 0 Å². The molecule has 2 heteroatoms. The minimum Gasteiger partial charge on any atom is -0.390 e. The zero-order chi connectivity index (χ0) is 14.0. The van der Waals surface area contributed by atoms with Gasteiger partial charge in [0.2, 0.25) is 0 Å². The predicted octanol–water partition coefficient (Wildman–Crippen LogP) is 3.26. The second kappa shape index (κ2) is 5.64. The second-order valence-electron chi connectivity index (χ2n) is 6.90. The number of aliphatic hydroxyl groups is 2. The van der Waals surface area contributed by atoms with E-state index in [0.717, 1.165) is 12.8 Å². The average Bonchev–Trinajstić information content (AvgIpc) is 2.37. The van der Waals surface area contributed by atoms with E-state index >= 15 is 0 Å². The topological polar surface area (TPSA) is 40.5 Å². The van der Waals surface area contributed by atoms with Crippen molar-refractivity contribution < 1.29 is 10.2 Å². The summed E-state index contributed by atoms with van der Waals surface area (Å²) in [6, 6.07) is 8.52. The van der Waals surface area contributed by atoms with E-state index in [1.165, 1.54) is 17.5 Å². The smallest absolute Gasteiger partial charge is 0.0847 e. The molecule has 19 heavy (non-hydrogen) atoms. The maximum Gasteiger partial charge on any atom is 0.0847 e. The van der Waals surface area contributed by atoms with Crippen LogP contribution in [0.25, 0.3) is 0 Å². The molecule has 0 aromatic heterocycles. The number of rotatable bonds is 3. The number of aliphatic hydroxyl groups excluding tert-OH is 2. The second-order valence-corrected chi connectivity index (χ2v) is 6.90. The average molecular weight is 262 g/mol. The van der Waals surface area contributed by atoms with E-state index in [0.29, 0.717) is 12.3 Å². The largest absolute Gasteiger partial charge is 0.390 e. The van der Waals surface area contributed by atoms with Crippen molar-refractivity contribution in [3.8, 4) is 0 Å². The SMILES string of the molecule is CC(C)(C)C(O)C(O)CC1CCCc2ccccc21. The monoisotopic (exact) mass is 262 g/mol. The van der Waals surface area contributed by atoms with Crippen molar-refractivity contribution in [2.45, 2.75) is 64.6 Å². The third-order valence-corrected chi connectivity index (χ3v) is 4.27. The van der Waals surface area contributed by atoms with Crippen molar-refractivity contribution in [2.24, 2.45) is 5.41 Å². The molecule has 1 aromatic rings. The van der Waals surface area contributed by atoms with Gasteiger partial charge in [-0.3, -0.25) is 0 Å². The fraction of sp³-hybridized carbons (Fsp3) is 0.647. The van der Waals surface area contributed by atoms with Crippen LogP contribution in [0.2, 0.25) is 0 Å². The summed E-state index contributed by atoms with van der Waals surface area (Å²) in [5.74, 6) is 0.386. The number of hydrogen-bond donors (Lipinski definition) is 2. The molecule has 3 atom stereocenters. The zero-order valence-corrected chi connectivity index (χ0v) is 12.3. The third kappa shape index (κ3) is 3.37. The van der Waals surface area contributed by atoms with Gasteiger partial charge in [-0.05, 0) is 48.1 Å². The highest BCUT2D eigenvalue weighted by molar-refractivity contribution is 5.32. The minimum atomic E-state index is -0.665. The molecule has 2 N–H and O–H groups in total. The summed E-state index contributed by atoms with van der Waals surface area (Å²) in [6.45, 7) is 5.90. The van der Waals surface area contributed by atoms with Crippen LogP contribution in [-0.2, 0) is 6.42 Å². The van der Waals surface area contributed by atoms with E-state index in [1.54, 1.807) is 0 Å². The Kier molecular flexibility index (Phi) is 4.32. The molecule has 3 unspecified atom stereocenters. The summed E-state index contributed by atoms with van der Waals surface area (Å²) >= 11 is 0. The molecule has 1 aliphatic rings. The highest BCUT2D eigenvalue weighted by Gasteiger charge is 2.32. The van der Waals surface area contributed by atoms with Gasteiger partial charge in [0.1, 0.15) is 0 Å². The van der Waals surface area contributed by atoms with Crippen LogP contribution in [-0.4, -0.2) is 22.4 Å². The summed E-state index contributed by atoms with van der Waals surface area (Å²) in [5.41, 5.74) is 2.51. The van der Waals surface area contributed by atoms with Gasteiger partial charge in [-0.2, -0.15) is 0 Å². The Balaban J connectivity index is 2.09. The van der Waals surface area contributed by atoms with E-state index < -0.39 is 12.2 Å². The van der Waals surface area contributed by atoms with E-state index in [-0.39, 0.29) is 5.41 Å². The molecule has 2 nitrogen and oxygen atoms in total. The van der Waals surface area contributed by atoms with Gasteiger partial charge in [0, 0.05) is 0 Å². The van der Waals surface area contributed by atoms with Gasteiger partial charge in [0.25, 0.3) is 0 Å². The van der Waals surface area contributed by atoms with Crippen molar-refractivity contribution in [3.05, 3.63) is 35.4 Å². The van der Waals surface area contributed by atoms with E-state index in [9.17, 15) is 10.2 Å². The Labute approximate surface area is 116 Å². The lowest BCUT2D eigenvalue weighted by molar-refractivity contribution is -0.0505. The van der Waals surface area contributed by atoms with E-state index in [4.69, 9.17) is 0 Å². The Morgan fingerprint density at radius 2 is 1.89 bits per heavy atom. The van der Waals surface area contributed by atoms with Crippen molar-refractivity contribution >= 4 is 0 Å². The van der Waals surface area contributed by atoms with E-state index in [1.807, 2.05) is 20.8 Å². The number of aryl methyl sites for hydroxylation is 1. The quantitative estimate of drug-likeness (QED) is 0.877. The number of fused-ring (bicyclic) bond motifs is 1. The van der Waals surface area contributed by atoms with Crippen LogP contribution in [0.1, 0.15) is 57.1 Å². The molecular weight excluding hydrogens is 236 g/mol. The molecule has 0 spiro atoms. The van der Waals surface area contributed by atoms with Crippen molar-refractivity contribution in [1.82, 2.24) is 0 Å². The van der Waals surface area contributed by atoms with Crippen LogP contribution in [0.15, 0.2) is 24.3 Å². The lowest BCUT2D eigenvalue weighted by Crippen LogP contribution is -2.38. The molecule has 2 rings (SSSR count). The van der Waals surface area contributed by atoms with E-state index in [2.05, 4.69) is 24.3 Å². The molecular formula is C17H26O2. The molecule has 0 heterocycles. The molecule has 0 saturated heterocycles. The van der Waals surface area contributed by atoms with Gasteiger partial charge in [-0.15, -0.1) is 0 Å². The first-order valence-electron chi connectivity index (χ1n) is 7.33. The first kappa shape index (κ1) is 14.5. The minimum absolute atomic E-state index is 0.270. The van der Waals surface area contributed by atoms with Crippen molar-refractivity contribution in [3.63, 3.8) is 0 Å². The third-order valence-electron chi connectivity index (χ3n) is 4.27. The fourth-order valence-electron chi connectivity index (χ4n) is 3.10. The molecule has 106 valence electrons. The molecule has 1 aliphatic carbocycles. The van der Waals surface area contributed by atoms with Gasteiger partial charge in [0.15, 0.2) is 0 Å². The van der Waals surface area contributed by atoms with Gasteiger partial charge in [0.05, 0.1) is 12.2 Å². The standard InChI is InChI=1S/C17H26O2/c1-17(2,3)16(19)15(18)11-13-9-6-8-12-7-4-5-10-14(12)13/h4-5,7,10,13,15-16,18-19H,6,8-9,11H2,1-3H3. The predicted molar refractivity (Wildman–Crippen MR) is 78.2 cm³/mol. The van der Waals surface area contributed by atoms with Crippen LogP contribution in [0, 0.1) is 5.41 Å². The summed E-state index contributed by atoms with van der Waals surface area (Å²) in [7, 11) is 0.